The Kier molecular flexibility index (Phi) is 7.11. The van der Waals surface area contributed by atoms with Gasteiger partial charge in [0, 0.05) is 43.2 Å². The molecule has 28 heavy (non-hydrogen) atoms. The summed E-state index contributed by atoms with van der Waals surface area (Å²) in [5.74, 6) is -0.347. The number of nitro benzene ring substituents is 1. The van der Waals surface area contributed by atoms with Crippen molar-refractivity contribution in [2.24, 2.45) is 5.92 Å². The Hall–Kier alpha value is -2.49. The molecule has 154 valence electrons. The molecule has 0 radical (unpaired) electrons. The first-order valence-electron chi connectivity index (χ1n) is 9.11. The van der Waals surface area contributed by atoms with Crippen molar-refractivity contribution >= 4 is 27.3 Å². The zero-order chi connectivity index (χ0) is 20.9. The van der Waals surface area contributed by atoms with Crippen LogP contribution in [0.4, 0.5) is 5.69 Å². The SMILES string of the molecule is CC(C)CN(C(=O)CCNC(=O)c1ccc([N+](=O)[O-])cc1)[C@H]1CCS(=O)(=O)C1. The average molecular weight is 411 g/mol. The third-order valence-electron chi connectivity index (χ3n) is 4.50. The lowest BCUT2D eigenvalue weighted by Gasteiger charge is -2.30. The molecule has 1 aliphatic rings. The predicted octanol–water partition coefficient (Wildman–Crippen LogP) is 1.39. The Morgan fingerprint density at radius 3 is 2.43 bits per heavy atom. The van der Waals surface area contributed by atoms with Crippen molar-refractivity contribution in [1.82, 2.24) is 10.2 Å². The summed E-state index contributed by atoms with van der Waals surface area (Å²) in [7, 11) is -3.10. The Morgan fingerprint density at radius 2 is 1.93 bits per heavy atom. The monoisotopic (exact) mass is 411 g/mol. The number of carbonyl (C=O) groups excluding carboxylic acids is 2. The second kappa shape index (κ2) is 9.13. The largest absolute Gasteiger partial charge is 0.352 e. The van der Waals surface area contributed by atoms with Crippen LogP contribution in [0.15, 0.2) is 24.3 Å². The van der Waals surface area contributed by atoms with E-state index in [1.807, 2.05) is 13.8 Å². The first-order valence-corrected chi connectivity index (χ1v) is 10.9. The highest BCUT2D eigenvalue weighted by atomic mass is 32.2. The molecule has 0 aliphatic carbocycles. The summed E-state index contributed by atoms with van der Waals surface area (Å²) in [6, 6.07) is 4.87. The molecule has 2 rings (SSSR count). The molecule has 0 bridgehead atoms. The van der Waals surface area contributed by atoms with Crippen LogP contribution in [0.2, 0.25) is 0 Å². The number of amides is 2. The van der Waals surface area contributed by atoms with E-state index in [4.69, 9.17) is 0 Å². The van der Waals surface area contributed by atoms with E-state index in [1.54, 1.807) is 4.90 Å². The van der Waals surface area contributed by atoms with Crippen LogP contribution in [0.25, 0.3) is 0 Å². The second-order valence-electron chi connectivity index (χ2n) is 7.31. The third kappa shape index (κ3) is 6.01. The van der Waals surface area contributed by atoms with Crippen LogP contribution in [-0.4, -0.2) is 60.7 Å². The van der Waals surface area contributed by atoms with E-state index < -0.39 is 20.7 Å². The lowest BCUT2D eigenvalue weighted by atomic mass is 10.1. The van der Waals surface area contributed by atoms with Crippen LogP contribution in [-0.2, 0) is 14.6 Å². The second-order valence-corrected chi connectivity index (χ2v) is 9.54. The van der Waals surface area contributed by atoms with Gasteiger partial charge in [-0.3, -0.25) is 19.7 Å². The van der Waals surface area contributed by atoms with E-state index >= 15 is 0 Å². The van der Waals surface area contributed by atoms with E-state index in [9.17, 15) is 28.1 Å². The number of benzene rings is 1. The van der Waals surface area contributed by atoms with Gasteiger partial charge in [0.2, 0.25) is 5.91 Å². The van der Waals surface area contributed by atoms with Crippen molar-refractivity contribution in [2.45, 2.75) is 32.7 Å². The number of sulfone groups is 1. The first kappa shape index (κ1) is 21.8. The smallest absolute Gasteiger partial charge is 0.269 e. The Labute approximate surface area is 164 Å². The highest BCUT2D eigenvalue weighted by Crippen LogP contribution is 2.20. The van der Waals surface area contributed by atoms with Crippen LogP contribution < -0.4 is 5.32 Å². The molecular weight excluding hydrogens is 386 g/mol. The molecule has 0 aromatic heterocycles. The molecule has 1 aromatic carbocycles. The summed E-state index contributed by atoms with van der Waals surface area (Å²) >= 11 is 0. The van der Waals surface area contributed by atoms with E-state index in [1.165, 1.54) is 24.3 Å². The average Bonchev–Trinajstić information content (AvgIpc) is 2.98. The predicted molar refractivity (Wildman–Crippen MR) is 104 cm³/mol. The van der Waals surface area contributed by atoms with Crippen molar-refractivity contribution in [3.05, 3.63) is 39.9 Å². The number of hydrogen-bond acceptors (Lipinski definition) is 6. The summed E-state index contributed by atoms with van der Waals surface area (Å²) in [6.45, 7) is 4.48. The zero-order valence-corrected chi connectivity index (χ0v) is 16.8. The van der Waals surface area contributed by atoms with Crippen LogP contribution in [0, 0.1) is 16.0 Å². The van der Waals surface area contributed by atoms with Gasteiger partial charge in [-0.25, -0.2) is 8.42 Å². The molecule has 0 unspecified atom stereocenters. The normalized spacial score (nSPS) is 18.0. The highest BCUT2D eigenvalue weighted by molar-refractivity contribution is 7.91. The topological polar surface area (TPSA) is 127 Å². The van der Waals surface area contributed by atoms with Gasteiger partial charge in [0.1, 0.15) is 0 Å². The maximum absolute atomic E-state index is 12.6. The lowest BCUT2D eigenvalue weighted by Crippen LogP contribution is -2.44. The number of non-ortho nitro benzene ring substituents is 1. The zero-order valence-electron chi connectivity index (χ0n) is 16.0. The summed E-state index contributed by atoms with van der Waals surface area (Å²) in [5.41, 5.74) is 0.154. The van der Waals surface area contributed by atoms with Gasteiger partial charge < -0.3 is 10.2 Å². The molecular formula is C18H25N3O6S. The first-order chi connectivity index (χ1) is 13.1. The molecule has 9 nitrogen and oxygen atoms in total. The molecule has 1 saturated heterocycles. The van der Waals surface area contributed by atoms with E-state index in [0.29, 0.717) is 13.0 Å². The quantitative estimate of drug-likeness (QED) is 0.509. The fourth-order valence-electron chi connectivity index (χ4n) is 3.13. The van der Waals surface area contributed by atoms with Crippen LogP contribution in [0.1, 0.15) is 37.0 Å². The highest BCUT2D eigenvalue weighted by Gasteiger charge is 2.34. The molecule has 2 amide bonds. The van der Waals surface area contributed by atoms with Gasteiger partial charge in [-0.05, 0) is 24.5 Å². The third-order valence-corrected chi connectivity index (χ3v) is 6.25. The Bertz CT molecular complexity index is 835. The van der Waals surface area contributed by atoms with Gasteiger partial charge in [0.25, 0.3) is 11.6 Å². The molecule has 0 spiro atoms. The van der Waals surface area contributed by atoms with Gasteiger partial charge in [-0.2, -0.15) is 0 Å². The van der Waals surface area contributed by atoms with Gasteiger partial charge in [0.15, 0.2) is 9.84 Å². The molecule has 1 aliphatic heterocycles. The van der Waals surface area contributed by atoms with Gasteiger partial charge in [0.05, 0.1) is 16.4 Å². The fourth-order valence-corrected chi connectivity index (χ4v) is 4.86. The molecule has 1 fully saturated rings. The van der Waals surface area contributed by atoms with Gasteiger partial charge in [-0.1, -0.05) is 13.8 Å². The summed E-state index contributed by atoms with van der Waals surface area (Å²) in [4.78, 5) is 36.4. The summed E-state index contributed by atoms with van der Waals surface area (Å²) in [5, 5.41) is 13.3. The van der Waals surface area contributed by atoms with Gasteiger partial charge >= 0.3 is 0 Å². The Morgan fingerprint density at radius 1 is 1.29 bits per heavy atom. The van der Waals surface area contributed by atoms with Crippen molar-refractivity contribution in [1.29, 1.82) is 0 Å². The minimum absolute atomic E-state index is 0.0133. The minimum atomic E-state index is -3.10. The number of nitrogens with zero attached hydrogens (tertiary/aromatic N) is 2. The molecule has 0 saturated carbocycles. The number of carbonyl (C=O) groups is 2. The number of rotatable bonds is 8. The van der Waals surface area contributed by atoms with Crippen LogP contribution in [0.5, 0.6) is 0 Å². The minimum Gasteiger partial charge on any atom is -0.352 e. The van der Waals surface area contributed by atoms with Crippen LogP contribution in [0.3, 0.4) is 0 Å². The number of nitro groups is 1. The van der Waals surface area contributed by atoms with Gasteiger partial charge in [-0.15, -0.1) is 0 Å². The summed E-state index contributed by atoms with van der Waals surface area (Å²) < 4.78 is 23.5. The molecule has 1 atom stereocenters. The molecule has 1 N–H and O–H groups in total. The number of hydrogen-bond donors (Lipinski definition) is 1. The van der Waals surface area contributed by atoms with Crippen LogP contribution >= 0.6 is 0 Å². The van der Waals surface area contributed by atoms with Crippen molar-refractivity contribution in [3.8, 4) is 0 Å². The Balaban J connectivity index is 1.91. The van der Waals surface area contributed by atoms with Crippen molar-refractivity contribution in [2.75, 3.05) is 24.6 Å². The van der Waals surface area contributed by atoms with Crippen molar-refractivity contribution in [3.63, 3.8) is 0 Å². The fraction of sp³-hybridized carbons (Fsp3) is 0.556. The molecule has 10 heteroatoms. The molecule has 1 aromatic rings. The van der Waals surface area contributed by atoms with Crippen molar-refractivity contribution < 1.29 is 22.9 Å². The van der Waals surface area contributed by atoms with E-state index in [-0.39, 0.29) is 53.6 Å². The van der Waals surface area contributed by atoms with E-state index in [0.717, 1.165) is 0 Å². The number of nitrogens with one attached hydrogen (secondary N) is 1. The maximum Gasteiger partial charge on any atom is 0.269 e. The van der Waals surface area contributed by atoms with E-state index in [2.05, 4.69) is 5.32 Å². The lowest BCUT2D eigenvalue weighted by molar-refractivity contribution is -0.384. The maximum atomic E-state index is 12.6. The summed E-state index contributed by atoms with van der Waals surface area (Å²) in [6.07, 6.45) is 0.498. The molecule has 1 heterocycles. The standard InChI is InChI=1S/C18H25N3O6S/c1-13(2)11-20(16-8-10-28(26,27)12-16)17(22)7-9-19-18(23)14-3-5-15(6-4-14)21(24)25/h3-6,13,16H,7-12H2,1-2H3,(H,19,23)/t16-/m0/s1.